The van der Waals surface area contributed by atoms with E-state index in [9.17, 15) is 5.11 Å². The summed E-state index contributed by atoms with van der Waals surface area (Å²) in [5.74, 6) is 0. The van der Waals surface area contributed by atoms with Crippen molar-refractivity contribution in [1.82, 2.24) is 5.32 Å². The van der Waals surface area contributed by atoms with Gasteiger partial charge in [-0.3, -0.25) is 0 Å². The van der Waals surface area contributed by atoms with Gasteiger partial charge in [0.25, 0.3) is 0 Å². The van der Waals surface area contributed by atoms with E-state index in [2.05, 4.69) is 24.9 Å². The van der Waals surface area contributed by atoms with E-state index >= 15 is 0 Å². The van der Waals surface area contributed by atoms with Gasteiger partial charge in [0.1, 0.15) is 0 Å². The van der Waals surface area contributed by atoms with Crippen LogP contribution >= 0.6 is 12.6 Å². The Hall–Kier alpha value is 0.270. The molecule has 0 aliphatic heterocycles. The molecular weight excluding hydrogens is 170 g/mol. The molecule has 2 N–H and O–H groups in total. The van der Waals surface area contributed by atoms with Crippen LogP contribution in [0.1, 0.15) is 32.6 Å². The maximum Gasteiger partial charge on any atom is 0.0671 e. The molecule has 0 unspecified atom stereocenters. The fourth-order valence-electron chi connectivity index (χ4n) is 1.66. The molecule has 1 saturated carbocycles. The summed E-state index contributed by atoms with van der Waals surface area (Å²) in [5.41, 5.74) is 0. The van der Waals surface area contributed by atoms with Crippen LogP contribution in [-0.2, 0) is 0 Å². The Morgan fingerprint density at radius 2 is 2.25 bits per heavy atom. The molecule has 1 aliphatic rings. The number of nitrogens with one attached hydrogen (secondary N) is 1. The molecular formula is C9H19NOS. The monoisotopic (exact) mass is 189 g/mol. The molecule has 3 atom stereocenters. The first-order chi connectivity index (χ1) is 5.74. The number of thiol groups is 1. The molecule has 72 valence electrons. The zero-order chi connectivity index (χ0) is 8.97. The molecule has 0 radical (unpaired) electrons. The van der Waals surface area contributed by atoms with Crippen molar-refractivity contribution >= 4 is 12.6 Å². The van der Waals surface area contributed by atoms with Crippen molar-refractivity contribution in [2.75, 3.05) is 6.54 Å². The predicted octanol–water partition coefficient (Wildman–Crippen LogP) is 1.20. The van der Waals surface area contributed by atoms with Gasteiger partial charge in [0.2, 0.25) is 0 Å². The third-order valence-corrected chi connectivity index (χ3v) is 3.07. The Bertz CT molecular complexity index is 130. The van der Waals surface area contributed by atoms with Crippen molar-refractivity contribution in [3.05, 3.63) is 0 Å². The highest BCUT2D eigenvalue weighted by Crippen LogP contribution is 2.22. The molecule has 0 saturated heterocycles. The summed E-state index contributed by atoms with van der Waals surface area (Å²) < 4.78 is 0. The van der Waals surface area contributed by atoms with Crippen LogP contribution in [0, 0.1) is 0 Å². The highest BCUT2D eigenvalue weighted by atomic mass is 32.1. The van der Waals surface area contributed by atoms with Gasteiger partial charge in [0.15, 0.2) is 0 Å². The fourth-order valence-corrected chi connectivity index (χ4v) is 1.94. The van der Waals surface area contributed by atoms with Crippen LogP contribution in [-0.4, -0.2) is 29.0 Å². The van der Waals surface area contributed by atoms with Crippen LogP contribution < -0.4 is 5.32 Å². The average Bonchev–Trinajstić information content (AvgIpc) is 2.07. The maximum atomic E-state index is 9.53. The normalized spacial score (nSPS) is 36.8. The van der Waals surface area contributed by atoms with Crippen molar-refractivity contribution in [1.29, 1.82) is 0 Å². The molecule has 0 aromatic heterocycles. The highest BCUT2D eigenvalue weighted by molar-refractivity contribution is 7.81. The van der Waals surface area contributed by atoms with Gasteiger partial charge in [-0.15, -0.1) is 0 Å². The van der Waals surface area contributed by atoms with Crippen LogP contribution in [0.4, 0.5) is 0 Å². The van der Waals surface area contributed by atoms with Gasteiger partial charge in [0.05, 0.1) is 6.10 Å². The summed E-state index contributed by atoms with van der Waals surface area (Å²) in [6, 6.07) is 0.517. The Morgan fingerprint density at radius 1 is 1.50 bits per heavy atom. The van der Waals surface area contributed by atoms with Crippen molar-refractivity contribution in [2.45, 2.75) is 50.0 Å². The summed E-state index contributed by atoms with van der Waals surface area (Å²) in [5, 5.41) is 13.2. The van der Waals surface area contributed by atoms with Crippen molar-refractivity contribution in [3.63, 3.8) is 0 Å². The summed E-state index contributed by atoms with van der Waals surface area (Å²) >= 11 is 4.31. The van der Waals surface area contributed by atoms with Gasteiger partial charge in [0, 0.05) is 11.3 Å². The lowest BCUT2D eigenvalue weighted by atomic mass is 9.92. The van der Waals surface area contributed by atoms with Crippen molar-refractivity contribution < 1.29 is 5.11 Å². The molecule has 12 heavy (non-hydrogen) atoms. The second-order valence-corrected chi connectivity index (χ2v) is 4.26. The van der Waals surface area contributed by atoms with E-state index in [1.165, 1.54) is 0 Å². The van der Waals surface area contributed by atoms with Crippen LogP contribution in [0.3, 0.4) is 0 Å². The number of hydrogen-bond donors (Lipinski definition) is 3. The molecule has 1 fully saturated rings. The summed E-state index contributed by atoms with van der Waals surface area (Å²) in [7, 11) is 0. The van der Waals surface area contributed by atoms with Gasteiger partial charge in [-0.25, -0.2) is 0 Å². The van der Waals surface area contributed by atoms with E-state index in [0.29, 0.717) is 6.04 Å². The van der Waals surface area contributed by atoms with Gasteiger partial charge >= 0.3 is 0 Å². The third kappa shape index (κ3) is 2.96. The van der Waals surface area contributed by atoms with E-state index in [1.807, 2.05) is 0 Å². The largest absolute Gasteiger partial charge is 0.392 e. The standard InChI is InChI=1S/C9H19NOS/c1-2-5-10-7-3-4-9(12)8(11)6-7/h7-12H,2-6H2,1H3/t7-,8-,9-/m1/s1. The average molecular weight is 189 g/mol. The summed E-state index contributed by atoms with van der Waals surface area (Å²) in [6.07, 6.45) is 4.01. The van der Waals surface area contributed by atoms with Crippen LogP contribution in [0.15, 0.2) is 0 Å². The Balaban J connectivity index is 2.21. The summed E-state index contributed by atoms with van der Waals surface area (Å²) in [6.45, 7) is 3.22. The fraction of sp³-hybridized carbons (Fsp3) is 1.00. The van der Waals surface area contributed by atoms with E-state index in [1.54, 1.807) is 0 Å². The predicted molar refractivity (Wildman–Crippen MR) is 54.7 cm³/mol. The lowest BCUT2D eigenvalue weighted by molar-refractivity contribution is 0.119. The Kier molecular flexibility index (Phi) is 4.40. The van der Waals surface area contributed by atoms with E-state index in [-0.39, 0.29) is 11.4 Å². The van der Waals surface area contributed by atoms with Crippen LogP contribution in [0.2, 0.25) is 0 Å². The molecule has 0 aromatic carbocycles. The van der Waals surface area contributed by atoms with Crippen LogP contribution in [0.5, 0.6) is 0 Å². The second-order valence-electron chi connectivity index (χ2n) is 3.60. The SMILES string of the molecule is CCCN[C@@H]1CC[C@@H](S)[C@H](O)C1. The molecule has 1 rings (SSSR count). The van der Waals surface area contributed by atoms with Crippen LogP contribution in [0.25, 0.3) is 0 Å². The van der Waals surface area contributed by atoms with E-state index in [4.69, 9.17) is 0 Å². The minimum Gasteiger partial charge on any atom is -0.392 e. The molecule has 2 nitrogen and oxygen atoms in total. The van der Waals surface area contributed by atoms with E-state index < -0.39 is 0 Å². The van der Waals surface area contributed by atoms with Gasteiger partial charge in [-0.05, 0) is 32.2 Å². The van der Waals surface area contributed by atoms with Crippen molar-refractivity contribution in [3.8, 4) is 0 Å². The minimum absolute atomic E-state index is 0.199. The highest BCUT2D eigenvalue weighted by Gasteiger charge is 2.25. The second kappa shape index (κ2) is 5.10. The topological polar surface area (TPSA) is 32.3 Å². The molecule has 0 aromatic rings. The maximum absolute atomic E-state index is 9.53. The molecule has 0 bridgehead atoms. The first-order valence-electron chi connectivity index (χ1n) is 4.83. The zero-order valence-electron chi connectivity index (χ0n) is 7.66. The van der Waals surface area contributed by atoms with Gasteiger partial charge in [-0.2, -0.15) is 12.6 Å². The zero-order valence-corrected chi connectivity index (χ0v) is 8.56. The molecule has 0 amide bonds. The quantitative estimate of drug-likeness (QED) is 0.583. The van der Waals surface area contributed by atoms with Crippen molar-refractivity contribution in [2.24, 2.45) is 0 Å². The van der Waals surface area contributed by atoms with Gasteiger partial charge < -0.3 is 10.4 Å². The molecule has 0 spiro atoms. The van der Waals surface area contributed by atoms with Gasteiger partial charge in [-0.1, -0.05) is 6.92 Å². The minimum atomic E-state index is -0.212. The Labute approximate surface area is 80.2 Å². The third-order valence-electron chi connectivity index (χ3n) is 2.46. The Morgan fingerprint density at radius 3 is 2.83 bits per heavy atom. The first-order valence-corrected chi connectivity index (χ1v) is 5.35. The first kappa shape index (κ1) is 10.4. The molecule has 1 aliphatic carbocycles. The smallest absolute Gasteiger partial charge is 0.0671 e. The lowest BCUT2D eigenvalue weighted by Crippen LogP contribution is -2.41. The molecule has 3 heteroatoms. The number of aliphatic hydroxyl groups is 1. The number of hydrogen-bond acceptors (Lipinski definition) is 3. The number of aliphatic hydroxyl groups excluding tert-OH is 1. The molecule has 0 heterocycles. The summed E-state index contributed by atoms with van der Waals surface area (Å²) in [4.78, 5) is 0. The number of rotatable bonds is 3. The van der Waals surface area contributed by atoms with E-state index in [0.717, 1.165) is 32.2 Å². The lowest BCUT2D eigenvalue weighted by Gasteiger charge is -2.30.